The molecule has 1 unspecified atom stereocenters. The summed E-state index contributed by atoms with van der Waals surface area (Å²) in [5.74, 6) is 0.551. The van der Waals surface area contributed by atoms with Gasteiger partial charge in [-0.25, -0.2) is 8.42 Å². The average Bonchev–Trinajstić information content (AvgIpc) is 2.37. The van der Waals surface area contributed by atoms with E-state index in [1.807, 2.05) is 38.1 Å². The second kappa shape index (κ2) is 7.64. The Labute approximate surface area is 123 Å². The lowest BCUT2D eigenvalue weighted by atomic mass is 10.1. The summed E-state index contributed by atoms with van der Waals surface area (Å²) in [5, 5.41) is 3.32. The van der Waals surface area contributed by atoms with Crippen molar-refractivity contribution in [1.82, 2.24) is 5.32 Å². The third kappa shape index (κ3) is 5.92. The number of sulfonamides is 1. The van der Waals surface area contributed by atoms with Crippen LogP contribution < -0.4 is 10.0 Å². The van der Waals surface area contributed by atoms with Gasteiger partial charge >= 0.3 is 0 Å². The maximum absolute atomic E-state index is 11.9. The van der Waals surface area contributed by atoms with Gasteiger partial charge in [0.15, 0.2) is 0 Å². The predicted molar refractivity (Wildman–Crippen MR) is 85.4 cm³/mol. The van der Waals surface area contributed by atoms with Crippen LogP contribution in [-0.4, -0.2) is 20.7 Å². The minimum Gasteiger partial charge on any atom is -0.310 e. The fourth-order valence-corrected chi connectivity index (χ4v) is 3.26. The van der Waals surface area contributed by atoms with Crippen LogP contribution in [0.1, 0.15) is 45.7 Å². The van der Waals surface area contributed by atoms with Crippen molar-refractivity contribution in [2.75, 3.05) is 17.0 Å². The van der Waals surface area contributed by atoms with Gasteiger partial charge in [-0.15, -0.1) is 0 Å². The molecule has 0 saturated heterocycles. The lowest BCUT2D eigenvalue weighted by Gasteiger charge is -2.14. The normalized spacial score (nSPS) is 13.4. The molecule has 0 aliphatic rings. The van der Waals surface area contributed by atoms with Crippen LogP contribution in [0.15, 0.2) is 24.3 Å². The second-order valence-electron chi connectivity index (χ2n) is 5.50. The van der Waals surface area contributed by atoms with Gasteiger partial charge < -0.3 is 5.32 Å². The Morgan fingerprint density at radius 1 is 1.10 bits per heavy atom. The molecule has 0 aliphatic carbocycles. The van der Waals surface area contributed by atoms with Crippen LogP contribution in [0.3, 0.4) is 0 Å². The fraction of sp³-hybridized carbons (Fsp3) is 0.600. The van der Waals surface area contributed by atoms with Crippen molar-refractivity contribution in [3.63, 3.8) is 0 Å². The van der Waals surface area contributed by atoms with Crippen molar-refractivity contribution < 1.29 is 8.42 Å². The lowest BCUT2D eigenvalue weighted by Crippen LogP contribution is -2.19. The quantitative estimate of drug-likeness (QED) is 0.775. The van der Waals surface area contributed by atoms with Crippen molar-refractivity contribution in [1.29, 1.82) is 0 Å². The third-order valence-corrected chi connectivity index (χ3v) is 4.48. The Hall–Kier alpha value is -1.07. The Kier molecular flexibility index (Phi) is 6.49. The molecule has 0 aliphatic heterocycles. The summed E-state index contributed by atoms with van der Waals surface area (Å²) in [7, 11) is -3.24. The lowest BCUT2D eigenvalue weighted by molar-refractivity contribution is 0.578. The molecule has 0 fully saturated rings. The molecule has 1 atom stereocenters. The Balaban J connectivity index is 2.65. The van der Waals surface area contributed by atoms with Crippen LogP contribution in [0.25, 0.3) is 0 Å². The minimum atomic E-state index is -3.24. The maximum Gasteiger partial charge on any atom is 0.232 e. The smallest absolute Gasteiger partial charge is 0.232 e. The molecule has 0 radical (unpaired) electrons. The van der Waals surface area contributed by atoms with Gasteiger partial charge in [0.1, 0.15) is 0 Å². The first-order valence-electron chi connectivity index (χ1n) is 7.18. The Morgan fingerprint density at radius 2 is 1.70 bits per heavy atom. The summed E-state index contributed by atoms with van der Waals surface area (Å²) in [6.07, 6.45) is 0.671. The van der Waals surface area contributed by atoms with Crippen LogP contribution in [0.4, 0.5) is 5.69 Å². The first-order valence-corrected chi connectivity index (χ1v) is 8.83. The number of rotatable bonds is 8. The van der Waals surface area contributed by atoms with Gasteiger partial charge in [-0.1, -0.05) is 32.9 Å². The van der Waals surface area contributed by atoms with E-state index in [0.717, 1.165) is 12.1 Å². The SMILES string of the molecule is CCNC(C)c1ccc(NS(=O)(=O)CCC(C)C)cc1. The second-order valence-corrected chi connectivity index (χ2v) is 7.35. The fourth-order valence-electron chi connectivity index (χ4n) is 1.89. The van der Waals surface area contributed by atoms with E-state index in [1.54, 1.807) is 0 Å². The van der Waals surface area contributed by atoms with Crippen LogP contribution in [-0.2, 0) is 10.0 Å². The zero-order valence-electron chi connectivity index (χ0n) is 12.8. The average molecular weight is 298 g/mol. The molecule has 2 N–H and O–H groups in total. The number of hydrogen-bond acceptors (Lipinski definition) is 3. The number of hydrogen-bond donors (Lipinski definition) is 2. The first-order chi connectivity index (χ1) is 9.34. The highest BCUT2D eigenvalue weighted by Crippen LogP contribution is 2.17. The molecule has 0 bridgehead atoms. The van der Waals surface area contributed by atoms with E-state index in [9.17, 15) is 8.42 Å². The summed E-state index contributed by atoms with van der Waals surface area (Å²) in [6.45, 7) is 9.10. The zero-order chi connectivity index (χ0) is 15.2. The highest BCUT2D eigenvalue weighted by Gasteiger charge is 2.11. The zero-order valence-corrected chi connectivity index (χ0v) is 13.6. The van der Waals surface area contributed by atoms with Crippen LogP contribution in [0.5, 0.6) is 0 Å². The van der Waals surface area contributed by atoms with Gasteiger partial charge in [0.05, 0.1) is 5.75 Å². The third-order valence-electron chi connectivity index (χ3n) is 3.16. The molecule has 4 nitrogen and oxygen atoms in total. The van der Waals surface area contributed by atoms with Crippen molar-refractivity contribution in [2.45, 2.75) is 40.2 Å². The number of benzene rings is 1. The minimum absolute atomic E-state index is 0.167. The summed E-state index contributed by atoms with van der Waals surface area (Å²) in [5.41, 5.74) is 1.78. The summed E-state index contributed by atoms with van der Waals surface area (Å²) >= 11 is 0. The van der Waals surface area contributed by atoms with E-state index in [2.05, 4.69) is 23.9 Å². The van der Waals surface area contributed by atoms with E-state index in [0.29, 0.717) is 18.0 Å². The molecule has 1 aromatic rings. The van der Waals surface area contributed by atoms with E-state index in [1.165, 1.54) is 0 Å². The van der Waals surface area contributed by atoms with Gasteiger partial charge in [-0.3, -0.25) is 4.72 Å². The van der Waals surface area contributed by atoms with Gasteiger partial charge in [-0.05, 0) is 43.5 Å². The van der Waals surface area contributed by atoms with E-state index < -0.39 is 10.0 Å². The largest absolute Gasteiger partial charge is 0.310 e. The molecule has 1 rings (SSSR count). The van der Waals surface area contributed by atoms with Crippen molar-refractivity contribution in [2.24, 2.45) is 5.92 Å². The van der Waals surface area contributed by atoms with E-state index in [-0.39, 0.29) is 11.8 Å². The standard InChI is InChI=1S/C15H26N2O2S/c1-5-16-13(4)14-6-8-15(9-7-14)17-20(18,19)11-10-12(2)3/h6-9,12-13,16-17H,5,10-11H2,1-4H3. The molecule has 0 spiro atoms. The summed E-state index contributed by atoms with van der Waals surface area (Å²) in [4.78, 5) is 0. The number of anilines is 1. The molecule has 20 heavy (non-hydrogen) atoms. The molecular formula is C15H26N2O2S. The molecule has 0 heterocycles. The first kappa shape index (κ1) is 17.0. The van der Waals surface area contributed by atoms with Gasteiger partial charge in [0, 0.05) is 11.7 Å². The van der Waals surface area contributed by atoms with Gasteiger partial charge in [0.25, 0.3) is 0 Å². The summed E-state index contributed by atoms with van der Waals surface area (Å²) in [6, 6.07) is 7.81. The maximum atomic E-state index is 11.9. The number of nitrogens with one attached hydrogen (secondary N) is 2. The molecule has 1 aromatic carbocycles. The van der Waals surface area contributed by atoms with Gasteiger partial charge in [0.2, 0.25) is 10.0 Å². The van der Waals surface area contributed by atoms with Crippen LogP contribution in [0, 0.1) is 5.92 Å². The van der Waals surface area contributed by atoms with Crippen LogP contribution in [0.2, 0.25) is 0 Å². The molecule has 0 aromatic heterocycles. The molecule has 0 saturated carbocycles. The van der Waals surface area contributed by atoms with E-state index in [4.69, 9.17) is 0 Å². The predicted octanol–water partition coefficient (Wildman–Crippen LogP) is 3.14. The highest BCUT2D eigenvalue weighted by atomic mass is 32.2. The summed E-state index contributed by atoms with van der Waals surface area (Å²) < 4.78 is 26.4. The molecule has 5 heteroatoms. The van der Waals surface area contributed by atoms with E-state index >= 15 is 0 Å². The Bertz CT molecular complexity index is 495. The monoisotopic (exact) mass is 298 g/mol. The van der Waals surface area contributed by atoms with Gasteiger partial charge in [-0.2, -0.15) is 0 Å². The Morgan fingerprint density at radius 3 is 2.20 bits per heavy atom. The molecule has 114 valence electrons. The molecule has 0 amide bonds. The van der Waals surface area contributed by atoms with Crippen molar-refractivity contribution in [3.05, 3.63) is 29.8 Å². The topological polar surface area (TPSA) is 58.2 Å². The molecular weight excluding hydrogens is 272 g/mol. The van der Waals surface area contributed by atoms with Crippen molar-refractivity contribution in [3.8, 4) is 0 Å². The van der Waals surface area contributed by atoms with Crippen molar-refractivity contribution >= 4 is 15.7 Å². The highest BCUT2D eigenvalue weighted by molar-refractivity contribution is 7.92. The van der Waals surface area contributed by atoms with Crippen LogP contribution >= 0.6 is 0 Å².